The maximum Gasteiger partial charge on any atom is 0.451 e. The zero-order valence-corrected chi connectivity index (χ0v) is 14.5. The van der Waals surface area contributed by atoms with Gasteiger partial charge in [0.05, 0.1) is 0 Å². The Morgan fingerprint density at radius 2 is 2.00 bits per heavy atom. The molecule has 140 valence electrons. The van der Waals surface area contributed by atoms with Gasteiger partial charge in [0.25, 0.3) is 0 Å². The number of aromatic amines is 1. The van der Waals surface area contributed by atoms with Crippen LogP contribution in [0.2, 0.25) is 0 Å². The van der Waals surface area contributed by atoms with Crippen LogP contribution in [-0.2, 0) is 19.1 Å². The predicted molar refractivity (Wildman–Crippen MR) is 90.5 cm³/mol. The van der Waals surface area contributed by atoms with Crippen molar-refractivity contribution in [2.24, 2.45) is 5.92 Å². The summed E-state index contributed by atoms with van der Waals surface area (Å²) in [7, 11) is 0. The molecule has 0 aliphatic carbocycles. The summed E-state index contributed by atoms with van der Waals surface area (Å²) in [5.41, 5.74) is 2.13. The molecule has 3 rings (SSSR count). The number of alkyl halides is 3. The van der Waals surface area contributed by atoms with E-state index >= 15 is 0 Å². The van der Waals surface area contributed by atoms with Gasteiger partial charge in [0.1, 0.15) is 0 Å². The van der Waals surface area contributed by atoms with Gasteiger partial charge in [0, 0.05) is 36.3 Å². The smallest absolute Gasteiger partial charge is 0.329 e. The van der Waals surface area contributed by atoms with E-state index in [1.54, 1.807) is 13.1 Å². The van der Waals surface area contributed by atoms with Gasteiger partial charge < -0.3 is 4.98 Å². The van der Waals surface area contributed by atoms with Crippen LogP contribution >= 0.6 is 0 Å². The summed E-state index contributed by atoms with van der Waals surface area (Å²) in [5.74, 6) is -0.541. The molecule has 26 heavy (non-hydrogen) atoms. The molecule has 0 bridgehead atoms. The van der Waals surface area contributed by atoms with Crippen molar-refractivity contribution in [2.75, 3.05) is 13.1 Å². The first kappa shape index (κ1) is 18.6. The Labute approximate surface area is 149 Å². The highest BCUT2D eigenvalue weighted by molar-refractivity contribution is 5.17. The minimum Gasteiger partial charge on any atom is -0.329 e. The van der Waals surface area contributed by atoms with E-state index in [4.69, 9.17) is 0 Å². The normalized spacial score (nSPS) is 16.8. The molecule has 0 amide bonds. The summed E-state index contributed by atoms with van der Waals surface area (Å²) >= 11 is 0. The number of aromatic nitrogens is 3. The number of nitrogens with one attached hydrogen (secondary N) is 1. The Bertz CT molecular complexity index is 790. The SMILES string of the molecule is Cc1nc(C(F)(F)F)ncc1CN1CCC(Cc2ccc(=O)[nH]c2)CC1. The van der Waals surface area contributed by atoms with Crippen LogP contribution in [0, 0.1) is 12.8 Å². The van der Waals surface area contributed by atoms with Gasteiger partial charge in [-0.2, -0.15) is 13.2 Å². The Morgan fingerprint density at radius 1 is 1.27 bits per heavy atom. The number of H-pyrrole nitrogens is 1. The van der Waals surface area contributed by atoms with E-state index < -0.39 is 12.0 Å². The molecular formula is C18H21F3N4O. The monoisotopic (exact) mass is 366 g/mol. The first-order valence-corrected chi connectivity index (χ1v) is 8.61. The molecule has 0 aromatic carbocycles. The van der Waals surface area contributed by atoms with Crippen LogP contribution in [0.25, 0.3) is 0 Å². The van der Waals surface area contributed by atoms with Gasteiger partial charge in [-0.05, 0) is 50.8 Å². The average molecular weight is 366 g/mol. The molecule has 1 N–H and O–H groups in total. The Hall–Kier alpha value is -2.22. The lowest BCUT2D eigenvalue weighted by molar-refractivity contribution is -0.145. The molecule has 0 saturated carbocycles. The molecule has 5 nitrogen and oxygen atoms in total. The van der Waals surface area contributed by atoms with Crippen molar-refractivity contribution in [3.05, 3.63) is 57.5 Å². The third-order valence-electron chi connectivity index (χ3n) is 4.81. The minimum atomic E-state index is -4.51. The third-order valence-corrected chi connectivity index (χ3v) is 4.81. The molecule has 3 heterocycles. The molecule has 0 unspecified atom stereocenters. The zero-order chi connectivity index (χ0) is 18.7. The maximum absolute atomic E-state index is 12.6. The maximum atomic E-state index is 12.6. The van der Waals surface area contributed by atoms with Crippen molar-refractivity contribution in [1.82, 2.24) is 19.9 Å². The molecule has 0 spiro atoms. The van der Waals surface area contributed by atoms with Gasteiger partial charge in [-0.3, -0.25) is 9.69 Å². The second-order valence-corrected chi connectivity index (χ2v) is 6.79. The van der Waals surface area contributed by atoms with Crippen molar-refractivity contribution in [3.63, 3.8) is 0 Å². The largest absolute Gasteiger partial charge is 0.451 e. The van der Waals surface area contributed by atoms with Crippen LogP contribution < -0.4 is 5.56 Å². The quantitative estimate of drug-likeness (QED) is 0.904. The fraction of sp³-hybridized carbons (Fsp3) is 0.500. The summed E-state index contributed by atoms with van der Waals surface area (Å²) in [4.78, 5) is 23.1. The highest BCUT2D eigenvalue weighted by Gasteiger charge is 2.35. The van der Waals surface area contributed by atoms with E-state index in [0.717, 1.165) is 43.5 Å². The molecule has 1 aliphatic rings. The second-order valence-electron chi connectivity index (χ2n) is 6.79. The van der Waals surface area contributed by atoms with Crippen LogP contribution in [0.15, 0.2) is 29.3 Å². The van der Waals surface area contributed by atoms with E-state index in [-0.39, 0.29) is 5.56 Å². The average Bonchev–Trinajstić information content (AvgIpc) is 2.59. The summed E-state index contributed by atoms with van der Waals surface area (Å²) in [6.45, 7) is 3.92. The van der Waals surface area contributed by atoms with E-state index in [1.165, 1.54) is 12.3 Å². The van der Waals surface area contributed by atoms with Crippen LogP contribution in [0.3, 0.4) is 0 Å². The second kappa shape index (κ2) is 7.57. The molecule has 1 fully saturated rings. The van der Waals surface area contributed by atoms with Crippen molar-refractivity contribution < 1.29 is 13.2 Å². The Balaban J connectivity index is 1.54. The van der Waals surface area contributed by atoms with Gasteiger partial charge in [0.2, 0.25) is 11.4 Å². The number of aryl methyl sites for hydroxylation is 1. The number of nitrogens with zero attached hydrogens (tertiary/aromatic N) is 3. The summed E-state index contributed by atoms with van der Waals surface area (Å²) < 4.78 is 37.9. The standard InChI is InChI=1S/C18H21F3N4O/c1-12-15(10-23-17(24-12)18(19,20)21)11-25-6-4-13(5-7-25)8-14-2-3-16(26)22-9-14/h2-3,9-10,13H,4-8,11H2,1H3,(H,22,26). The molecule has 2 aromatic rings. The molecular weight excluding hydrogens is 345 g/mol. The van der Waals surface area contributed by atoms with Crippen LogP contribution in [-0.4, -0.2) is 32.9 Å². The highest BCUT2D eigenvalue weighted by atomic mass is 19.4. The molecule has 0 radical (unpaired) electrons. The summed E-state index contributed by atoms with van der Waals surface area (Å²) in [5, 5.41) is 0. The lowest BCUT2D eigenvalue weighted by Crippen LogP contribution is -2.34. The topological polar surface area (TPSA) is 61.9 Å². The molecule has 1 aliphatic heterocycles. The van der Waals surface area contributed by atoms with Crippen molar-refractivity contribution in [1.29, 1.82) is 0 Å². The number of halogens is 3. The predicted octanol–water partition coefficient (Wildman–Crippen LogP) is 2.95. The molecule has 1 saturated heterocycles. The fourth-order valence-corrected chi connectivity index (χ4v) is 3.28. The number of likely N-dealkylation sites (tertiary alicyclic amines) is 1. The summed E-state index contributed by atoms with van der Waals surface area (Å²) in [6.07, 6.45) is 1.49. The van der Waals surface area contributed by atoms with Crippen molar-refractivity contribution >= 4 is 0 Å². The van der Waals surface area contributed by atoms with E-state index in [1.807, 2.05) is 6.07 Å². The highest BCUT2D eigenvalue weighted by Crippen LogP contribution is 2.27. The first-order chi connectivity index (χ1) is 12.3. The minimum absolute atomic E-state index is 0.0994. The number of pyridine rings is 1. The van der Waals surface area contributed by atoms with E-state index in [2.05, 4.69) is 19.9 Å². The Morgan fingerprint density at radius 3 is 2.58 bits per heavy atom. The van der Waals surface area contributed by atoms with Gasteiger partial charge in [-0.1, -0.05) is 6.07 Å². The number of piperidine rings is 1. The number of hydrogen-bond donors (Lipinski definition) is 1. The Kier molecular flexibility index (Phi) is 5.41. The lowest BCUT2D eigenvalue weighted by atomic mass is 9.90. The van der Waals surface area contributed by atoms with Gasteiger partial charge in [0.15, 0.2) is 0 Å². The zero-order valence-electron chi connectivity index (χ0n) is 14.5. The van der Waals surface area contributed by atoms with Gasteiger partial charge in [-0.25, -0.2) is 9.97 Å². The van der Waals surface area contributed by atoms with Crippen LogP contribution in [0.4, 0.5) is 13.2 Å². The van der Waals surface area contributed by atoms with Crippen molar-refractivity contribution in [2.45, 2.75) is 38.9 Å². The van der Waals surface area contributed by atoms with E-state index in [0.29, 0.717) is 18.2 Å². The van der Waals surface area contributed by atoms with Crippen LogP contribution in [0.1, 0.15) is 35.5 Å². The summed E-state index contributed by atoms with van der Waals surface area (Å²) in [6, 6.07) is 3.39. The lowest BCUT2D eigenvalue weighted by Gasteiger charge is -2.32. The van der Waals surface area contributed by atoms with E-state index in [9.17, 15) is 18.0 Å². The van der Waals surface area contributed by atoms with Gasteiger partial charge in [-0.15, -0.1) is 0 Å². The van der Waals surface area contributed by atoms with Crippen molar-refractivity contribution in [3.8, 4) is 0 Å². The first-order valence-electron chi connectivity index (χ1n) is 8.61. The number of hydrogen-bond acceptors (Lipinski definition) is 4. The molecule has 2 aromatic heterocycles. The molecule has 8 heteroatoms. The third kappa shape index (κ3) is 4.69. The van der Waals surface area contributed by atoms with Gasteiger partial charge >= 0.3 is 6.18 Å². The number of rotatable bonds is 4. The fourth-order valence-electron chi connectivity index (χ4n) is 3.28. The van der Waals surface area contributed by atoms with Crippen LogP contribution in [0.5, 0.6) is 0 Å². The molecule has 0 atom stereocenters.